The monoisotopic (exact) mass is 284 g/mol. The van der Waals surface area contributed by atoms with Crippen molar-refractivity contribution in [2.75, 3.05) is 6.61 Å². The van der Waals surface area contributed by atoms with Gasteiger partial charge in [-0.1, -0.05) is 69.7 Å². The molecule has 0 heterocycles. The van der Waals surface area contributed by atoms with Crippen LogP contribution in [0.3, 0.4) is 0 Å². The standard InChI is InChI=1S/C20H28O/c1-15(2)20-11-10-19(14-17(20)4)21-13-12-16(3)18-8-6-5-7-9-18/h5-11,15-17H,12-14H2,1-4H3. The van der Waals surface area contributed by atoms with Crippen LogP contribution in [0.25, 0.3) is 0 Å². The molecule has 0 spiro atoms. The molecule has 0 saturated heterocycles. The first-order chi connectivity index (χ1) is 10.1. The molecule has 1 aromatic rings. The topological polar surface area (TPSA) is 9.23 Å². The number of hydrogen-bond acceptors (Lipinski definition) is 1. The van der Waals surface area contributed by atoms with Crippen molar-refractivity contribution in [1.29, 1.82) is 0 Å². The molecule has 2 unspecified atom stereocenters. The molecular weight excluding hydrogens is 256 g/mol. The van der Waals surface area contributed by atoms with Gasteiger partial charge in [0.1, 0.15) is 0 Å². The fourth-order valence-corrected chi connectivity index (χ4v) is 3.02. The van der Waals surface area contributed by atoms with Crippen LogP contribution in [0.1, 0.15) is 52.0 Å². The van der Waals surface area contributed by atoms with Crippen molar-refractivity contribution in [3.8, 4) is 0 Å². The lowest BCUT2D eigenvalue weighted by molar-refractivity contribution is 0.185. The Morgan fingerprint density at radius 2 is 1.81 bits per heavy atom. The highest BCUT2D eigenvalue weighted by molar-refractivity contribution is 5.24. The second kappa shape index (κ2) is 7.49. The highest BCUT2D eigenvalue weighted by atomic mass is 16.5. The van der Waals surface area contributed by atoms with Crippen molar-refractivity contribution in [3.63, 3.8) is 0 Å². The molecular formula is C20H28O. The Morgan fingerprint density at radius 1 is 1.10 bits per heavy atom. The third kappa shape index (κ3) is 4.49. The van der Waals surface area contributed by atoms with E-state index in [0.29, 0.717) is 17.8 Å². The minimum Gasteiger partial charge on any atom is -0.498 e. The van der Waals surface area contributed by atoms with Gasteiger partial charge in [0.2, 0.25) is 0 Å². The average Bonchev–Trinajstić information content (AvgIpc) is 2.47. The molecule has 1 aliphatic carbocycles. The Hall–Kier alpha value is -1.50. The highest BCUT2D eigenvalue weighted by Crippen LogP contribution is 2.30. The summed E-state index contributed by atoms with van der Waals surface area (Å²) >= 11 is 0. The number of allylic oxidation sites excluding steroid dienone is 4. The largest absolute Gasteiger partial charge is 0.498 e. The molecule has 0 radical (unpaired) electrons. The van der Waals surface area contributed by atoms with Crippen molar-refractivity contribution in [2.45, 2.75) is 46.5 Å². The molecule has 1 aliphatic rings. The van der Waals surface area contributed by atoms with E-state index in [4.69, 9.17) is 4.74 Å². The van der Waals surface area contributed by atoms with E-state index in [-0.39, 0.29) is 0 Å². The third-order valence-corrected chi connectivity index (χ3v) is 4.41. The quantitative estimate of drug-likeness (QED) is 0.650. The first-order valence-corrected chi connectivity index (χ1v) is 8.16. The van der Waals surface area contributed by atoms with Gasteiger partial charge >= 0.3 is 0 Å². The lowest BCUT2D eigenvalue weighted by Crippen LogP contribution is -2.12. The van der Waals surface area contributed by atoms with Crippen LogP contribution >= 0.6 is 0 Å². The van der Waals surface area contributed by atoms with Gasteiger partial charge in [-0.2, -0.15) is 0 Å². The van der Waals surface area contributed by atoms with Crippen LogP contribution in [0.2, 0.25) is 0 Å². The van der Waals surface area contributed by atoms with E-state index in [1.165, 1.54) is 5.56 Å². The van der Waals surface area contributed by atoms with Gasteiger partial charge in [-0.3, -0.25) is 0 Å². The summed E-state index contributed by atoms with van der Waals surface area (Å²) in [6.07, 6.45) is 6.54. The molecule has 2 rings (SSSR count). The molecule has 0 saturated carbocycles. The summed E-state index contributed by atoms with van der Waals surface area (Å²) in [5.74, 6) is 2.94. The fourth-order valence-electron chi connectivity index (χ4n) is 3.02. The SMILES string of the molecule is CC(C)C1=CC=C(OCCC(C)c2ccccc2)CC1C. The molecule has 0 aliphatic heterocycles. The summed E-state index contributed by atoms with van der Waals surface area (Å²) in [6, 6.07) is 10.7. The Morgan fingerprint density at radius 3 is 2.43 bits per heavy atom. The summed E-state index contributed by atoms with van der Waals surface area (Å²) in [4.78, 5) is 0. The maximum atomic E-state index is 5.99. The predicted octanol–water partition coefficient (Wildman–Crippen LogP) is 5.70. The normalized spacial score (nSPS) is 20.0. The summed E-state index contributed by atoms with van der Waals surface area (Å²) in [5, 5.41) is 0. The van der Waals surface area contributed by atoms with Gasteiger partial charge in [-0.15, -0.1) is 0 Å². The Labute approximate surface area is 129 Å². The molecule has 21 heavy (non-hydrogen) atoms. The van der Waals surface area contributed by atoms with Crippen molar-refractivity contribution >= 4 is 0 Å². The van der Waals surface area contributed by atoms with Crippen LogP contribution in [0, 0.1) is 11.8 Å². The molecule has 0 N–H and O–H groups in total. The van der Waals surface area contributed by atoms with E-state index in [1.54, 1.807) is 5.57 Å². The summed E-state index contributed by atoms with van der Waals surface area (Å²) in [7, 11) is 0. The molecule has 114 valence electrons. The summed E-state index contributed by atoms with van der Waals surface area (Å²) in [5.41, 5.74) is 2.94. The number of hydrogen-bond donors (Lipinski definition) is 0. The smallest absolute Gasteiger partial charge is 0.0965 e. The molecule has 1 aromatic carbocycles. The second-order valence-corrected chi connectivity index (χ2v) is 6.51. The van der Waals surface area contributed by atoms with Crippen LogP contribution in [0.4, 0.5) is 0 Å². The van der Waals surface area contributed by atoms with E-state index in [0.717, 1.165) is 25.2 Å². The van der Waals surface area contributed by atoms with Crippen LogP contribution in [-0.2, 0) is 4.74 Å². The van der Waals surface area contributed by atoms with Crippen molar-refractivity contribution in [3.05, 3.63) is 59.4 Å². The molecule has 0 bridgehead atoms. The van der Waals surface area contributed by atoms with E-state index in [1.807, 2.05) is 0 Å². The predicted molar refractivity (Wildman–Crippen MR) is 90.2 cm³/mol. The average molecular weight is 284 g/mol. The van der Waals surface area contributed by atoms with Crippen molar-refractivity contribution in [2.24, 2.45) is 11.8 Å². The fraction of sp³-hybridized carbons (Fsp3) is 0.500. The lowest BCUT2D eigenvalue weighted by atomic mass is 9.85. The van der Waals surface area contributed by atoms with Gasteiger partial charge in [-0.25, -0.2) is 0 Å². The number of benzene rings is 1. The van der Waals surface area contributed by atoms with Crippen molar-refractivity contribution < 1.29 is 4.74 Å². The van der Waals surface area contributed by atoms with E-state index in [2.05, 4.69) is 70.2 Å². The highest BCUT2D eigenvalue weighted by Gasteiger charge is 2.18. The molecule has 2 atom stereocenters. The Balaban J connectivity index is 1.82. The molecule has 0 fully saturated rings. The summed E-state index contributed by atoms with van der Waals surface area (Å²) < 4.78 is 5.99. The van der Waals surface area contributed by atoms with Gasteiger partial charge in [0.25, 0.3) is 0 Å². The first kappa shape index (κ1) is 15.9. The van der Waals surface area contributed by atoms with E-state index in [9.17, 15) is 0 Å². The van der Waals surface area contributed by atoms with Gasteiger partial charge in [0.15, 0.2) is 0 Å². The zero-order valence-electron chi connectivity index (χ0n) is 13.8. The minimum atomic E-state index is 0.551. The van der Waals surface area contributed by atoms with Crippen LogP contribution in [-0.4, -0.2) is 6.61 Å². The maximum Gasteiger partial charge on any atom is 0.0965 e. The second-order valence-electron chi connectivity index (χ2n) is 6.51. The van der Waals surface area contributed by atoms with Gasteiger partial charge in [-0.05, 0) is 35.8 Å². The number of rotatable bonds is 6. The molecule has 0 aromatic heterocycles. The zero-order valence-corrected chi connectivity index (χ0v) is 13.8. The van der Waals surface area contributed by atoms with Crippen LogP contribution in [0.15, 0.2) is 53.8 Å². The van der Waals surface area contributed by atoms with Gasteiger partial charge < -0.3 is 4.74 Å². The lowest BCUT2D eigenvalue weighted by Gasteiger charge is -2.24. The van der Waals surface area contributed by atoms with Crippen LogP contribution in [0.5, 0.6) is 0 Å². The van der Waals surface area contributed by atoms with Crippen LogP contribution < -0.4 is 0 Å². The zero-order chi connectivity index (χ0) is 15.2. The first-order valence-electron chi connectivity index (χ1n) is 8.16. The molecule has 1 nitrogen and oxygen atoms in total. The minimum absolute atomic E-state index is 0.551. The summed E-state index contributed by atoms with van der Waals surface area (Å²) in [6.45, 7) is 9.91. The Bertz CT molecular complexity index is 496. The molecule has 0 amide bonds. The van der Waals surface area contributed by atoms with Gasteiger partial charge in [0.05, 0.1) is 12.4 Å². The van der Waals surface area contributed by atoms with Gasteiger partial charge in [0, 0.05) is 6.42 Å². The third-order valence-electron chi connectivity index (χ3n) is 4.41. The maximum absolute atomic E-state index is 5.99. The number of ether oxygens (including phenoxy) is 1. The van der Waals surface area contributed by atoms with Crippen molar-refractivity contribution in [1.82, 2.24) is 0 Å². The Kier molecular flexibility index (Phi) is 5.67. The van der Waals surface area contributed by atoms with E-state index < -0.39 is 0 Å². The molecule has 1 heteroatoms. The van der Waals surface area contributed by atoms with E-state index >= 15 is 0 Å².